The monoisotopic (exact) mass is 412 g/mol. The van der Waals surface area contributed by atoms with Gasteiger partial charge in [0.15, 0.2) is 0 Å². The summed E-state index contributed by atoms with van der Waals surface area (Å²) in [6.45, 7) is 1.97. The standard InChI is InChI=1S/C21H20N2O3S2/c1-14-19(28-20(22-14)15-9-5-4-6-10-15)17(23-26-3)13-27-18-12-8-7-11-16(18)21(24)25-2/h4-12H,13H2,1-3H3. The summed E-state index contributed by atoms with van der Waals surface area (Å²) in [6.07, 6.45) is 0. The molecule has 144 valence electrons. The Bertz CT molecular complexity index is 984. The first-order valence-electron chi connectivity index (χ1n) is 8.57. The Morgan fingerprint density at radius 3 is 2.54 bits per heavy atom. The van der Waals surface area contributed by atoms with E-state index in [1.807, 2.05) is 55.5 Å². The number of carbonyl (C=O) groups is 1. The summed E-state index contributed by atoms with van der Waals surface area (Å²) in [6, 6.07) is 17.4. The molecule has 0 radical (unpaired) electrons. The van der Waals surface area contributed by atoms with E-state index in [9.17, 15) is 4.79 Å². The average molecular weight is 413 g/mol. The first kappa shape index (κ1) is 20.1. The topological polar surface area (TPSA) is 60.8 Å². The molecule has 1 aromatic heterocycles. The van der Waals surface area contributed by atoms with Gasteiger partial charge in [0.05, 0.1) is 23.2 Å². The van der Waals surface area contributed by atoms with E-state index in [1.165, 1.54) is 26.0 Å². The van der Waals surface area contributed by atoms with Crippen molar-refractivity contribution >= 4 is 34.8 Å². The molecule has 0 N–H and O–H groups in total. The summed E-state index contributed by atoms with van der Waals surface area (Å²) >= 11 is 3.10. The second-order valence-electron chi connectivity index (χ2n) is 5.80. The van der Waals surface area contributed by atoms with Gasteiger partial charge in [-0.1, -0.05) is 47.6 Å². The largest absolute Gasteiger partial charge is 0.465 e. The van der Waals surface area contributed by atoms with Crippen LogP contribution in [0.1, 0.15) is 20.9 Å². The molecule has 3 rings (SSSR count). The smallest absolute Gasteiger partial charge is 0.338 e. The lowest BCUT2D eigenvalue weighted by Crippen LogP contribution is -2.07. The highest BCUT2D eigenvalue weighted by molar-refractivity contribution is 8.00. The van der Waals surface area contributed by atoms with Crippen LogP contribution in [-0.2, 0) is 9.57 Å². The summed E-state index contributed by atoms with van der Waals surface area (Å²) in [5.74, 6) is 0.188. The summed E-state index contributed by atoms with van der Waals surface area (Å²) in [7, 11) is 2.91. The molecule has 0 aliphatic rings. The Labute approximate surface area is 172 Å². The number of rotatable bonds is 7. The Hall–Kier alpha value is -2.64. The molecule has 0 spiro atoms. The fourth-order valence-corrected chi connectivity index (χ4v) is 4.74. The maximum Gasteiger partial charge on any atom is 0.338 e. The van der Waals surface area contributed by atoms with Gasteiger partial charge in [-0.25, -0.2) is 9.78 Å². The number of oxime groups is 1. The fraction of sp³-hybridized carbons (Fsp3) is 0.190. The van der Waals surface area contributed by atoms with E-state index in [0.717, 1.165) is 31.7 Å². The maximum absolute atomic E-state index is 12.0. The zero-order valence-electron chi connectivity index (χ0n) is 15.8. The van der Waals surface area contributed by atoms with Crippen LogP contribution in [0.15, 0.2) is 64.6 Å². The molecule has 0 aliphatic heterocycles. The van der Waals surface area contributed by atoms with Crippen molar-refractivity contribution in [3.63, 3.8) is 0 Å². The van der Waals surface area contributed by atoms with Gasteiger partial charge in [0, 0.05) is 16.2 Å². The predicted octanol–water partition coefficient (Wildman–Crippen LogP) is 5.05. The van der Waals surface area contributed by atoms with Crippen LogP contribution in [0.4, 0.5) is 0 Å². The first-order valence-corrected chi connectivity index (χ1v) is 10.4. The van der Waals surface area contributed by atoms with Crippen molar-refractivity contribution in [1.29, 1.82) is 0 Å². The fourth-order valence-electron chi connectivity index (χ4n) is 2.63. The van der Waals surface area contributed by atoms with Crippen LogP contribution in [-0.4, -0.2) is 36.6 Å². The highest BCUT2D eigenvalue weighted by Crippen LogP contribution is 2.31. The molecule has 3 aromatic rings. The third-order valence-electron chi connectivity index (χ3n) is 3.94. The highest BCUT2D eigenvalue weighted by atomic mass is 32.2. The molecule has 1 heterocycles. The van der Waals surface area contributed by atoms with Crippen molar-refractivity contribution in [2.75, 3.05) is 20.0 Å². The van der Waals surface area contributed by atoms with Crippen LogP contribution in [0.2, 0.25) is 0 Å². The average Bonchev–Trinajstić information content (AvgIpc) is 3.13. The second-order valence-corrected chi connectivity index (χ2v) is 7.81. The number of hydrogen-bond acceptors (Lipinski definition) is 7. The maximum atomic E-state index is 12.0. The van der Waals surface area contributed by atoms with Gasteiger partial charge < -0.3 is 9.57 Å². The summed E-state index contributed by atoms with van der Waals surface area (Å²) in [5, 5.41) is 5.16. The molecule has 2 aromatic carbocycles. The SMILES string of the molecule is CON=C(CSc1ccccc1C(=O)OC)c1sc(-c2ccccc2)nc1C. The normalized spacial score (nSPS) is 11.3. The molecule has 5 nitrogen and oxygen atoms in total. The number of aromatic nitrogens is 1. The number of aryl methyl sites for hydroxylation is 1. The Morgan fingerprint density at radius 1 is 1.11 bits per heavy atom. The number of hydrogen-bond donors (Lipinski definition) is 0. The molecule has 0 saturated carbocycles. The van der Waals surface area contributed by atoms with Crippen LogP contribution in [0.5, 0.6) is 0 Å². The van der Waals surface area contributed by atoms with Gasteiger partial charge in [-0.2, -0.15) is 0 Å². The van der Waals surface area contributed by atoms with Crippen molar-refractivity contribution in [1.82, 2.24) is 4.98 Å². The van der Waals surface area contributed by atoms with Gasteiger partial charge in [0.25, 0.3) is 0 Å². The van der Waals surface area contributed by atoms with Gasteiger partial charge in [-0.05, 0) is 19.1 Å². The van der Waals surface area contributed by atoms with Crippen molar-refractivity contribution < 1.29 is 14.4 Å². The number of carbonyl (C=O) groups excluding carboxylic acids is 1. The number of methoxy groups -OCH3 is 1. The van der Waals surface area contributed by atoms with E-state index in [0.29, 0.717) is 11.3 Å². The van der Waals surface area contributed by atoms with E-state index in [-0.39, 0.29) is 5.97 Å². The molecule has 0 atom stereocenters. The van der Waals surface area contributed by atoms with Crippen molar-refractivity contribution in [3.8, 4) is 10.6 Å². The van der Waals surface area contributed by atoms with E-state index in [2.05, 4.69) is 5.16 Å². The number of ether oxygens (including phenoxy) is 1. The molecular formula is C21H20N2O3S2. The summed E-state index contributed by atoms with van der Waals surface area (Å²) < 4.78 is 4.87. The third kappa shape index (κ3) is 4.61. The van der Waals surface area contributed by atoms with Gasteiger partial charge in [0.2, 0.25) is 0 Å². The van der Waals surface area contributed by atoms with E-state index >= 15 is 0 Å². The zero-order chi connectivity index (χ0) is 19.9. The molecule has 7 heteroatoms. The number of esters is 1. The molecular weight excluding hydrogens is 392 g/mol. The lowest BCUT2D eigenvalue weighted by molar-refractivity contribution is 0.0597. The van der Waals surface area contributed by atoms with Crippen molar-refractivity contribution in [2.45, 2.75) is 11.8 Å². The molecule has 0 saturated heterocycles. The highest BCUT2D eigenvalue weighted by Gasteiger charge is 2.18. The van der Waals surface area contributed by atoms with Crippen LogP contribution < -0.4 is 0 Å². The van der Waals surface area contributed by atoms with Crippen molar-refractivity contribution in [2.24, 2.45) is 5.16 Å². The van der Waals surface area contributed by atoms with Gasteiger partial charge >= 0.3 is 5.97 Å². The molecule has 0 unspecified atom stereocenters. The molecule has 0 aliphatic carbocycles. The number of thiazole rings is 1. The zero-order valence-corrected chi connectivity index (χ0v) is 17.5. The third-order valence-corrected chi connectivity index (χ3v) is 6.28. The van der Waals surface area contributed by atoms with Crippen LogP contribution in [0.25, 0.3) is 10.6 Å². The van der Waals surface area contributed by atoms with Gasteiger partial charge in [-0.3, -0.25) is 0 Å². The summed E-state index contributed by atoms with van der Waals surface area (Å²) in [5.41, 5.74) is 3.30. The number of thioether (sulfide) groups is 1. The lowest BCUT2D eigenvalue weighted by atomic mass is 10.2. The molecule has 0 bridgehead atoms. The molecule has 0 amide bonds. The Kier molecular flexibility index (Phi) is 6.84. The minimum Gasteiger partial charge on any atom is -0.465 e. The minimum absolute atomic E-state index is 0.353. The van der Waals surface area contributed by atoms with E-state index in [1.54, 1.807) is 17.4 Å². The number of benzene rings is 2. The number of nitrogens with zero attached hydrogens (tertiary/aromatic N) is 2. The molecule has 28 heavy (non-hydrogen) atoms. The predicted molar refractivity (Wildman–Crippen MR) is 114 cm³/mol. The quantitative estimate of drug-likeness (QED) is 0.235. The first-order chi connectivity index (χ1) is 13.6. The Morgan fingerprint density at radius 2 is 1.82 bits per heavy atom. The lowest BCUT2D eigenvalue weighted by Gasteiger charge is -2.08. The second kappa shape index (κ2) is 9.52. The molecule has 0 fully saturated rings. The van der Waals surface area contributed by atoms with E-state index < -0.39 is 0 Å². The van der Waals surface area contributed by atoms with E-state index in [4.69, 9.17) is 14.6 Å². The van der Waals surface area contributed by atoms with Crippen LogP contribution >= 0.6 is 23.1 Å². The minimum atomic E-state index is -0.353. The van der Waals surface area contributed by atoms with Crippen LogP contribution in [0.3, 0.4) is 0 Å². The van der Waals surface area contributed by atoms with Crippen LogP contribution in [0, 0.1) is 6.92 Å². The van der Waals surface area contributed by atoms with Gasteiger partial charge in [-0.15, -0.1) is 23.1 Å². The van der Waals surface area contributed by atoms with Gasteiger partial charge in [0.1, 0.15) is 17.8 Å². The Balaban J connectivity index is 1.86. The van der Waals surface area contributed by atoms with Crippen molar-refractivity contribution in [3.05, 3.63) is 70.7 Å². The summed E-state index contributed by atoms with van der Waals surface area (Å²) in [4.78, 5) is 23.6.